The molecule has 2 aliphatic rings. The highest BCUT2D eigenvalue weighted by molar-refractivity contribution is 7.26. The maximum absolute atomic E-state index is 11.4. The van der Waals surface area contributed by atoms with Gasteiger partial charge in [-0.2, -0.15) is 0 Å². The predicted molar refractivity (Wildman–Crippen MR) is 53.7 cm³/mol. The Morgan fingerprint density at radius 2 is 2.00 bits per heavy atom. The molecule has 2 heterocycles. The highest BCUT2D eigenvalue weighted by atomic mass is 31.1. The molecule has 0 spiro atoms. The van der Waals surface area contributed by atoms with Gasteiger partial charge in [0.1, 0.15) is 0 Å². The summed E-state index contributed by atoms with van der Waals surface area (Å²) in [6.07, 6.45) is 5.31. The number of hydrogen-bond donors (Lipinski definition) is 0. The molecule has 0 aromatic heterocycles. The monoisotopic (exact) mass is 227 g/mol. The molecule has 1 unspecified atom stereocenters. The van der Waals surface area contributed by atoms with Gasteiger partial charge in [-0.1, -0.05) is 0 Å². The first kappa shape index (κ1) is 10.3. The van der Waals surface area contributed by atoms with E-state index in [0.29, 0.717) is 12.3 Å². The van der Waals surface area contributed by atoms with Crippen molar-refractivity contribution in [2.45, 2.75) is 12.8 Å². The van der Waals surface area contributed by atoms with E-state index in [9.17, 15) is 9.59 Å². The number of amides is 2. The highest BCUT2D eigenvalue weighted by Crippen LogP contribution is 2.22. The lowest BCUT2D eigenvalue weighted by Gasteiger charge is -2.16. The van der Waals surface area contributed by atoms with E-state index in [-0.39, 0.29) is 33.7 Å². The van der Waals surface area contributed by atoms with Crippen molar-refractivity contribution in [3.63, 3.8) is 0 Å². The van der Waals surface area contributed by atoms with Crippen LogP contribution in [0, 0.1) is 0 Å². The number of allylic oxidation sites excluding steroid dienone is 1. The second-order valence-corrected chi connectivity index (χ2v) is 3.76. The first-order valence-corrected chi connectivity index (χ1v) is 5.35. The average molecular weight is 227 g/mol. The first-order valence-electron chi connectivity index (χ1n) is 4.54. The molecule has 15 heavy (non-hydrogen) atoms. The summed E-state index contributed by atoms with van der Waals surface area (Å²) in [5.74, 6) is -0.335. The van der Waals surface area contributed by atoms with Crippen LogP contribution >= 0.6 is 9.03 Å². The zero-order valence-corrected chi connectivity index (χ0v) is 8.93. The van der Waals surface area contributed by atoms with Crippen LogP contribution in [0.1, 0.15) is 12.8 Å². The SMILES string of the molecule is O=C1CCC(=O)N1C1=CCOPOC=C1. The Labute approximate surface area is 88.7 Å². The van der Waals surface area contributed by atoms with Crippen LogP contribution in [-0.4, -0.2) is 23.3 Å². The smallest absolute Gasteiger partial charge is 0.234 e. The van der Waals surface area contributed by atoms with Crippen molar-refractivity contribution in [2.75, 3.05) is 6.61 Å². The van der Waals surface area contributed by atoms with Gasteiger partial charge >= 0.3 is 0 Å². The third-order valence-corrected chi connectivity index (χ3v) is 2.62. The van der Waals surface area contributed by atoms with Crippen LogP contribution in [0.25, 0.3) is 0 Å². The van der Waals surface area contributed by atoms with Gasteiger partial charge < -0.3 is 9.05 Å². The van der Waals surface area contributed by atoms with E-state index in [1.54, 1.807) is 12.2 Å². The summed E-state index contributed by atoms with van der Waals surface area (Å²) in [6, 6.07) is 0. The zero-order chi connectivity index (χ0) is 10.7. The predicted octanol–water partition coefficient (Wildman–Crippen LogP) is 1.09. The van der Waals surface area contributed by atoms with Gasteiger partial charge in [0.05, 0.1) is 18.6 Å². The third-order valence-electron chi connectivity index (χ3n) is 2.10. The largest absolute Gasteiger partial charge is 0.457 e. The number of rotatable bonds is 1. The Balaban J connectivity index is 2.20. The minimum atomic E-state index is -0.168. The maximum atomic E-state index is 11.4. The second-order valence-electron chi connectivity index (χ2n) is 3.07. The highest BCUT2D eigenvalue weighted by Gasteiger charge is 2.30. The molecule has 0 saturated carbocycles. The molecule has 5 nitrogen and oxygen atoms in total. The standard InChI is InChI=1S/C9H10NO4P/c11-8-1-2-9(12)10(8)7-3-5-13-15-14-6-4-7/h3-5,15H,1-2,6H2. The fourth-order valence-corrected chi connectivity index (χ4v) is 1.77. The Bertz CT molecular complexity index is 334. The molecule has 0 aliphatic carbocycles. The normalized spacial score (nSPS) is 23.7. The van der Waals surface area contributed by atoms with Gasteiger partial charge in [-0.15, -0.1) is 0 Å². The average Bonchev–Trinajstić information content (AvgIpc) is 2.48. The number of likely N-dealkylation sites (tertiary alicyclic amines) is 1. The third kappa shape index (κ3) is 2.25. The van der Waals surface area contributed by atoms with Gasteiger partial charge in [-0.3, -0.25) is 14.5 Å². The summed E-state index contributed by atoms with van der Waals surface area (Å²) >= 11 is 0. The van der Waals surface area contributed by atoms with E-state index in [1.165, 1.54) is 11.2 Å². The molecular weight excluding hydrogens is 217 g/mol. The summed E-state index contributed by atoms with van der Waals surface area (Å²) in [5, 5.41) is 0. The summed E-state index contributed by atoms with van der Waals surface area (Å²) in [7, 11) is -0.0415. The van der Waals surface area contributed by atoms with E-state index >= 15 is 0 Å². The summed E-state index contributed by atoms with van der Waals surface area (Å²) < 4.78 is 10.0. The molecule has 2 rings (SSSR count). The lowest BCUT2D eigenvalue weighted by atomic mass is 10.3. The van der Waals surface area contributed by atoms with E-state index in [1.807, 2.05) is 0 Å². The van der Waals surface area contributed by atoms with E-state index < -0.39 is 0 Å². The molecule has 2 amide bonds. The van der Waals surface area contributed by atoms with Crippen LogP contribution in [0.15, 0.2) is 24.1 Å². The zero-order valence-electron chi connectivity index (χ0n) is 7.93. The summed E-state index contributed by atoms with van der Waals surface area (Å²) in [5.41, 5.74) is 0.534. The molecular formula is C9H10NO4P. The number of imide groups is 1. The van der Waals surface area contributed by atoms with E-state index in [2.05, 4.69) is 0 Å². The van der Waals surface area contributed by atoms with E-state index in [4.69, 9.17) is 9.05 Å². The lowest BCUT2D eigenvalue weighted by Crippen LogP contribution is -2.27. The Morgan fingerprint density at radius 1 is 1.27 bits per heavy atom. The molecule has 0 radical (unpaired) electrons. The van der Waals surface area contributed by atoms with Crippen LogP contribution in [0.5, 0.6) is 0 Å². The molecule has 1 atom stereocenters. The molecule has 2 aliphatic heterocycles. The summed E-state index contributed by atoms with van der Waals surface area (Å²) in [4.78, 5) is 24.0. The number of hydrogen-bond acceptors (Lipinski definition) is 4. The Kier molecular flexibility index (Phi) is 3.14. The molecule has 6 heteroatoms. The van der Waals surface area contributed by atoms with Gasteiger partial charge in [0.2, 0.25) is 20.8 Å². The quantitative estimate of drug-likeness (QED) is 0.497. The van der Waals surface area contributed by atoms with Gasteiger partial charge in [0.25, 0.3) is 0 Å². The van der Waals surface area contributed by atoms with Gasteiger partial charge in [-0.25, -0.2) is 0 Å². The minimum Gasteiger partial charge on any atom is -0.457 e. The lowest BCUT2D eigenvalue weighted by molar-refractivity contribution is -0.135. The molecule has 0 bridgehead atoms. The Morgan fingerprint density at radius 3 is 2.73 bits per heavy atom. The fraction of sp³-hybridized carbons (Fsp3) is 0.333. The molecule has 0 aromatic carbocycles. The van der Waals surface area contributed by atoms with Crippen molar-refractivity contribution >= 4 is 20.8 Å². The van der Waals surface area contributed by atoms with Gasteiger partial charge in [0.15, 0.2) is 0 Å². The van der Waals surface area contributed by atoms with Crippen LogP contribution in [0.2, 0.25) is 0 Å². The maximum Gasteiger partial charge on any atom is 0.234 e. The molecule has 0 aromatic rings. The fourth-order valence-electron chi connectivity index (χ4n) is 1.43. The van der Waals surface area contributed by atoms with Crippen molar-refractivity contribution < 1.29 is 18.6 Å². The number of carbonyl (C=O) groups excluding carboxylic acids is 2. The van der Waals surface area contributed by atoms with Crippen molar-refractivity contribution in [2.24, 2.45) is 0 Å². The topological polar surface area (TPSA) is 55.8 Å². The van der Waals surface area contributed by atoms with Crippen LogP contribution in [0.4, 0.5) is 0 Å². The van der Waals surface area contributed by atoms with Crippen molar-refractivity contribution in [1.82, 2.24) is 4.90 Å². The van der Waals surface area contributed by atoms with Crippen LogP contribution in [0.3, 0.4) is 0 Å². The Hall–Kier alpha value is -1.19. The number of nitrogens with zero attached hydrogens (tertiary/aromatic N) is 1. The van der Waals surface area contributed by atoms with Crippen LogP contribution < -0.4 is 0 Å². The van der Waals surface area contributed by atoms with E-state index in [0.717, 1.165) is 0 Å². The number of carbonyl (C=O) groups is 2. The van der Waals surface area contributed by atoms with Crippen molar-refractivity contribution in [3.8, 4) is 0 Å². The first-order chi connectivity index (χ1) is 7.29. The van der Waals surface area contributed by atoms with Crippen LogP contribution in [-0.2, 0) is 18.6 Å². The van der Waals surface area contributed by atoms with Crippen molar-refractivity contribution in [3.05, 3.63) is 24.1 Å². The minimum absolute atomic E-state index is 0.0415. The molecule has 1 saturated heterocycles. The molecule has 0 N–H and O–H groups in total. The molecule has 80 valence electrons. The second kappa shape index (κ2) is 4.55. The van der Waals surface area contributed by atoms with Gasteiger partial charge in [0, 0.05) is 12.8 Å². The van der Waals surface area contributed by atoms with Gasteiger partial charge in [-0.05, 0) is 12.2 Å². The molecule has 1 fully saturated rings. The summed E-state index contributed by atoms with van der Waals surface area (Å²) in [6.45, 7) is 0.342. The van der Waals surface area contributed by atoms with Crippen molar-refractivity contribution in [1.29, 1.82) is 0 Å².